The van der Waals surface area contributed by atoms with Crippen LogP contribution in [0.25, 0.3) is 0 Å². The Morgan fingerprint density at radius 2 is 2.00 bits per heavy atom. The SMILES string of the molecule is O=C(N1CCC(c2cccc(Cl)c2)C1)N1CCOc2ccccc21. The second kappa shape index (κ2) is 6.36. The molecule has 0 aliphatic carbocycles. The summed E-state index contributed by atoms with van der Waals surface area (Å²) in [7, 11) is 0. The second-order valence-corrected chi connectivity index (χ2v) is 6.67. The van der Waals surface area contributed by atoms with Crippen LogP contribution in [0.5, 0.6) is 5.75 Å². The largest absolute Gasteiger partial charge is 0.490 e. The molecule has 2 aliphatic heterocycles. The lowest BCUT2D eigenvalue weighted by Gasteiger charge is -2.32. The van der Waals surface area contributed by atoms with Gasteiger partial charge in [-0.15, -0.1) is 0 Å². The number of carbonyl (C=O) groups is 1. The van der Waals surface area contributed by atoms with E-state index in [-0.39, 0.29) is 6.03 Å². The number of anilines is 1. The van der Waals surface area contributed by atoms with Gasteiger partial charge in [0.1, 0.15) is 12.4 Å². The summed E-state index contributed by atoms with van der Waals surface area (Å²) in [6, 6.07) is 15.7. The summed E-state index contributed by atoms with van der Waals surface area (Å²) in [6.45, 7) is 2.64. The van der Waals surface area contributed by atoms with Crippen molar-refractivity contribution in [1.29, 1.82) is 0 Å². The fourth-order valence-corrected chi connectivity index (χ4v) is 3.70. The highest BCUT2D eigenvalue weighted by atomic mass is 35.5. The van der Waals surface area contributed by atoms with Crippen LogP contribution in [0.15, 0.2) is 48.5 Å². The molecule has 0 spiro atoms. The average molecular weight is 343 g/mol. The first kappa shape index (κ1) is 15.3. The van der Waals surface area contributed by atoms with E-state index in [2.05, 4.69) is 6.07 Å². The number of rotatable bonds is 1. The van der Waals surface area contributed by atoms with Crippen molar-refractivity contribution in [3.63, 3.8) is 0 Å². The predicted molar refractivity (Wildman–Crippen MR) is 95.1 cm³/mol. The van der Waals surface area contributed by atoms with E-state index in [0.717, 1.165) is 36.0 Å². The maximum atomic E-state index is 13.0. The van der Waals surface area contributed by atoms with Gasteiger partial charge in [-0.2, -0.15) is 0 Å². The van der Waals surface area contributed by atoms with Gasteiger partial charge >= 0.3 is 6.03 Å². The lowest BCUT2D eigenvalue weighted by molar-refractivity contribution is 0.209. The van der Waals surface area contributed by atoms with E-state index in [4.69, 9.17) is 16.3 Å². The highest BCUT2D eigenvalue weighted by Crippen LogP contribution is 2.34. The lowest BCUT2D eigenvalue weighted by Crippen LogP contribution is -2.45. The standard InChI is InChI=1S/C19H19ClN2O2/c20-16-5-3-4-14(12-16)15-8-9-21(13-15)19(23)22-10-11-24-18-7-2-1-6-17(18)22/h1-7,12,15H,8-11,13H2. The van der Waals surface area contributed by atoms with Crippen LogP contribution < -0.4 is 9.64 Å². The van der Waals surface area contributed by atoms with Crippen LogP contribution in [0.2, 0.25) is 5.02 Å². The van der Waals surface area contributed by atoms with Crippen molar-refractivity contribution < 1.29 is 9.53 Å². The Balaban J connectivity index is 1.51. The van der Waals surface area contributed by atoms with Gasteiger partial charge in [0.05, 0.1) is 12.2 Å². The smallest absolute Gasteiger partial charge is 0.324 e. The van der Waals surface area contributed by atoms with E-state index in [0.29, 0.717) is 19.1 Å². The van der Waals surface area contributed by atoms with Gasteiger partial charge in [0.2, 0.25) is 0 Å². The number of ether oxygens (including phenoxy) is 1. The van der Waals surface area contributed by atoms with Crippen LogP contribution in [0.4, 0.5) is 10.5 Å². The molecule has 0 radical (unpaired) electrons. The molecule has 0 N–H and O–H groups in total. The molecule has 1 fully saturated rings. The molecule has 4 nitrogen and oxygen atoms in total. The van der Waals surface area contributed by atoms with Crippen molar-refractivity contribution in [3.05, 3.63) is 59.1 Å². The number of hydrogen-bond acceptors (Lipinski definition) is 2. The number of hydrogen-bond donors (Lipinski definition) is 0. The number of carbonyl (C=O) groups excluding carboxylic acids is 1. The van der Waals surface area contributed by atoms with Gasteiger partial charge in [-0.3, -0.25) is 4.90 Å². The van der Waals surface area contributed by atoms with E-state index in [1.807, 2.05) is 52.3 Å². The van der Waals surface area contributed by atoms with Gasteiger partial charge in [-0.25, -0.2) is 4.79 Å². The van der Waals surface area contributed by atoms with Crippen LogP contribution >= 0.6 is 11.6 Å². The zero-order valence-electron chi connectivity index (χ0n) is 13.3. The third-order valence-corrected chi connectivity index (χ3v) is 4.97. The van der Waals surface area contributed by atoms with Crippen molar-refractivity contribution in [3.8, 4) is 5.75 Å². The summed E-state index contributed by atoms with van der Waals surface area (Å²) in [5, 5.41) is 0.749. The minimum Gasteiger partial charge on any atom is -0.490 e. The normalized spacial score (nSPS) is 19.8. The van der Waals surface area contributed by atoms with E-state index in [9.17, 15) is 4.79 Å². The number of benzene rings is 2. The van der Waals surface area contributed by atoms with Crippen LogP contribution in [0.1, 0.15) is 17.9 Å². The Labute approximate surface area is 146 Å². The summed E-state index contributed by atoms with van der Waals surface area (Å²) in [4.78, 5) is 16.7. The van der Waals surface area contributed by atoms with Crippen LogP contribution in [-0.4, -0.2) is 37.2 Å². The number of amides is 2. The first-order valence-corrected chi connectivity index (χ1v) is 8.64. The number of halogens is 1. The molecule has 2 heterocycles. The molecule has 0 saturated carbocycles. The molecule has 2 aliphatic rings. The first-order chi connectivity index (χ1) is 11.7. The number of fused-ring (bicyclic) bond motifs is 1. The van der Waals surface area contributed by atoms with Crippen molar-refractivity contribution in [2.75, 3.05) is 31.1 Å². The van der Waals surface area contributed by atoms with E-state index in [1.54, 1.807) is 0 Å². The fraction of sp³-hybridized carbons (Fsp3) is 0.316. The Morgan fingerprint density at radius 1 is 1.12 bits per heavy atom. The Kier molecular flexibility index (Phi) is 4.07. The Morgan fingerprint density at radius 3 is 2.88 bits per heavy atom. The van der Waals surface area contributed by atoms with E-state index < -0.39 is 0 Å². The van der Waals surface area contributed by atoms with Gasteiger partial charge < -0.3 is 9.64 Å². The lowest BCUT2D eigenvalue weighted by atomic mass is 9.99. The maximum Gasteiger partial charge on any atom is 0.324 e. The molecule has 4 rings (SSSR count). The van der Waals surface area contributed by atoms with E-state index >= 15 is 0 Å². The van der Waals surface area contributed by atoms with Crippen molar-refractivity contribution in [2.24, 2.45) is 0 Å². The van der Waals surface area contributed by atoms with Gasteiger partial charge in [0, 0.05) is 24.0 Å². The Hall–Kier alpha value is -2.20. The summed E-state index contributed by atoms with van der Waals surface area (Å²) < 4.78 is 5.64. The summed E-state index contributed by atoms with van der Waals surface area (Å²) in [6.07, 6.45) is 0.970. The minimum atomic E-state index is 0.0651. The number of likely N-dealkylation sites (tertiary alicyclic amines) is 1. The third kappa shape index (κ3) is 2.82. The first-order valence-electron chi connectivity index (χ1n) is 8.26. The summed E-state index contributed by atoms with van der Waals surface area (Å²) >= 11 is 6.10. The van der Waals surface area contributed by atoms with Gasteiger partial charge in [-0.05, 0) is 36.2 Å². The van der Waals surface area contributed by atoms with Gasteiger partial charge in [0.15, 0.2) is 0 Å². The van der Waals surface area contributed by atoms with Crippen molar-refractivity contribution in [1.82, 2.24) is 4.90 Å². The van der Waals surface area contributed by atoms with Crippen LogP contribution in [0, 0.1) is 0 Å². The van der Waals surface area contributed by atoms with Gasteiger partial charge in [0.25, 0.3) is 0 Å². The fourth-order valence-electron chi connectivity index (χ4n) is 3.51. The minimum absolute atomic E-state index is 0.0651. The molecule has 0 aromatic heterocycles. The quantitative estimate of drug-likeness (QED) is 0.780. The molecule has 2 aromatic rings. The highest BCUT2D eigenvalue weighted by molar-refractivity contribution is 6.30. The Bertz CT molecular complexity index is 765. The van der Waals surface area contributed by atoms with E-state index in [1.165, 1.54) is 5.56 Å². The monoisotopic (exact) mass is 342 g/mol. The molecule has 1 unspecified atom stereocenters. The molecule has 0 bridgehead atoms. The highest BCUT2D eigenvalue weighted by Gasteiger charge is 2.32. The molecule has 1 saturated heterocycles. The molecule has 2 aromatic carbocycles. The zero-order valence-corrected chi connectivity index (χ0v) is 14.1. The number of nitrogens with zero attached hydrogens (tertiary/aromatic N) is 2. The van der Waals surface area contributed by atoms with Crippen LogP contribution in [0.3, 0.4) is 0 Å². The zero-order chi connectivity index (χ0) is 16.5. The van der Waals surface area contributed by atoms with Crippen LogP contribution in [-0.2, 0) is 0 Å². The second-order valence-electron chi connectivity index (χ2n) is 6.24. The molecule has 24 heavy (non-hydrogen) atoms. The summed E-state index contributed by atoms with van der Waals surface area (Å²) in [5.41, 5.74) is 2.07. The number of urea groups is 1. The molecular formula is C19H19ClN2O2. The van der Waals surface area contributed by atoms with Crippen molar-refractivity contribution in [2.45, 2.75) is 12.3 Å². The third-order valence-electron chi connectivity index (χ3n) is 4.74. The molecule has 2 amide bonds. The topological polar surface area (TPSA) is 32.8 Å². The summed E-state index contributed by atoms with van der Waals surface area (Å²) in [5.74, 6) is 1.13. The molecular weight excluding hydrogens is 324 g/mol. The predicted octanol–water partition coefficient (Wildman–Crippen LogP) is 4.15. The molecule has 5 heteroatoms. The van der Waals surface area contributed by atoms with Gasteiger partial charge in [-0.1, -0.05) is 35.9 Å². The molecule has 124 valence electrons. The average Bonchev–Trinajstić information content (AvgIpc) is 3.11. The van der Waals surface area contributed by atoms with Crippen molar-refractivity contribution >= 4 is 23.3 Å². The molecule has 1 atom stereocenters. The number of para-hydroxylation sites is 2. The maximum absolute atomic E-state index is 13.0.